The molecule has 0 aliphatic carbocycles. The maximum absolute atomic E-state index is 11.4. The van der Waals surface area contributed by atoms with Crippen LogP contribution in [0.5, 0.6) is 5.75 Å². The van der Waals surface area contributed by atoms with Crippen LogP contribution in [0.2, 0.25) is 0 Å². The Balaban J connectivity index is 1.66. The van der Waals surface area contributed by atoms with Crippen molar-refractivity contribution in [3.8, 4) is 5.75 Å². The van der Waals surface area contributed by atoms with Crippen molar-refractivity contribution in [1.29, 1.82) is 0 Å². The number of nitrogens with zero attached hydrogens (tertiary/aromatic N) is 2. The molecule has 6 heteroatoms. The third kappa shape index (κ3) is 3.78. The number of ether oxygens (including phenoxy) is 1. The predicted molar refractivity (Wildman–Crippen MR) is 89.0 cm³/mol. The molecule has 5 nitrogen and oxygen atoms in total. The Morgan fingerprint density at radius 3 is 2.35 bits per heavy atom. The van der Waals surface area contributed by atoms with Crippen LogP contribution in [0.4, 0.5) is 5.69 Å². The summed E-state index contributed by atoms with van der Waals surface area (Å²) in [6, 6.07) is 10.3. The summed E-state index contributed by atoms with van der Waals surface area (Å²) in [5, 5.41) is 0. The monoisotopic (exact) mass is 328 g/mol. The zero-order valence-corrected chi connectivity index (χ0v) is 13.4. The number of benzene rings is 1. The van der Waals surface area contributed by atoms with E-state index in [0.29, 0.717) is 12.3 Å². The lowest BCUT2D eigenvalue weighted by Gasteiger charge is -2.22. The molecule has 1 aromatic carbocycles. The molecule has 0 saturated carbocycles. The van der Waals surface area contributed by atoms with E-state index in [1.807, 2.05) is 30.5 Å². The van der Waals surface area contributed by atoms with E-state index in [0.717, 1.165) is 11.4 Å². The average Bonchev–Trinajstić information content (AvgIpc) is 2.56. The number of allylic oxidation sites excluding steroid dienone is 1. The first-order chi connectivity index (χ1) is 11.0. The normalized spacial score (nSPS) is 14.5. The van der Waals surface area contributed by atoms with E-state index in [-0.39, 0.29) is 4.90 Å². The number of hydrogen-bond acceptors (Lipinski definition) is 5. The van der Waals surface area contributed by atoms with Crippen molar-refractivity contribution in [3.05, 3.63) is 72.9 Å². The summed E-state index contributed by atoms with van der Waals surface area (Å²) in [4.78, 5) is 6.35. The van der Waals surface area contributed by atoms with Gasteiger partial charge in [0.2, 0.25) is 0 Å². The van der Waals surface area contributed by atoms with Crippen LogP contribution in [0.15, 0.2) is 77.8 Å². The van der Waals surface area contributed by atoms with Crippen molar-refractivity contribution in [2.75, 3.05) is 17.7 Å². The van der Waals surface area contributed by atoms with Crippen molar-refractivity contribution in [2.45, 2.75) is 4.90 Å². The summed E-state index contributed by atoms with van der Waals surface area (Å²) in [6.07, 6.45) is 10.5. The van der Waals surface area contributed by atoms with Gasteiger partial charge in [-0.1, -0.05) is 0 Å². The van der Waals surface area contributed by atoms with E-state index >= 15 is 0 Å². The number of hydrogen-bond donors (Lipinski definition) is 0. The molecule has 0 unspecified atom stereocenters. The SMILES string of the molecule is CS(=O)(=O)c1ccc(OC2=CCN(c3ccncc3)C=C2)cc1. The largest absolute Gasteiger partial charge is 0.458 e. The topological polar surface area (TPSA) is 59.5 Å². The summed E-state index contributed by atoms with van der Waals surface area (Å²) in [5.41, 5.74) is 1.06. The molecule has 0 amide bonds. The lowest BCUT2D eigenvalue weighted by Crippen LogP contribution is -2.19. The maximum atomic E-state index is 11.4. The van der Waals surface area contributed by atoms with Crippen LogP contribution in [0.3, 0.4) is 0 Å². The first kappa shape index (κ1) is 15.3. The molecular formula is C17H16N2O3S. The average molecular weight is 328 g/mol. The molecular weight excluding hydrogens is 312 g/mol. The zero-order chi connectivity index (χ0) is 16.3. The van der Waals surface area contributed by atoms with Gasteiger partial charge in [0.25, 0.3) is 0 Å². The quantitative estimate of drug-likeness (QED) is 0.864. The van der Waals surface area contributed by atoms with Crippen LogP contribution in [-0.2, 0) is 9.84 Å². The highest BCUT2D eigenvalue weighted by Crippen LogP contribution is 2.21. The summed E-state index contributed by atoms with van der Waals surface area (Å²) in [5.74, 6) is 1.33. The first-order valence-corrected chi connectivity index (χ1v) is 8.94. The van der Waals surface area contributed by atoms with Crippen molar-refractivity contribution >= 4 is 15.5 Å². The highest BCUT2D eigenvalue weighted by molar-refractivity contribution is 7.90. The van der Waals surface area contributed by atoms with Crippen LogP contribution in [0, 0.1) is 0 Å². The Morgan fingerprint density at radius 2 is 1.78 bits per heavy atom. The minimum absolute atomic E-state index is 0.280. The molecule has 0 bridgehead atoms. The second-order valence-electron chi connectivity index (χ2n) is 5.13. The van der Waals surface area contributed by atoms with E-state index in [1.54, 1.807) is 36.7 Å². The first-order valence-electron chi connectivity index (χ1n) is 7.05. The van der Waals surface area contributed by atoms with Gasteiger partial charge >= 0.3 is 0 Å². The Hall–Kier alpha value is -2.60. The Bertz CT molecular complexity index is 841. The molecule has 0 radical (unpaired) electrons. The molecule has 0 atom stereocenters. The molecule has 1 aliphatic rings. The fourth-order valence-corrected chi connectivity index (χ4v) is 2.80. The summed E-state index contributed by atoms with van der Waals surface area (Å²) < 4.78 is 28.6. The minimum atomic E-state index is -3.19. The van der Waals surface area contributed by atoms with Crippen molar-refractivity contribution in [1.82, 2.24) is 4.98 Å². The molecule has 23 heavy (non-hydrogen) atoms. The smallest absolute Gasteiger partial charge is 0.175 e. The molecule has 0 spiro atoms. The third-order valence-electron chi connectivity index (χ3n) is 3.39. The maximum Gasteiger partial charge on any atom is 0.175 e. The van der Waals surface area contributed by atoms with Crippen LogP contribution < -0.4 is 9.64 Å². The standard InChI is InChI=1S/C17H16N2O3S/c1-23(20,21)17-4-2-15(3-5-17)22-16-8-12-19(13-9-16)14-6-10-18-11-7-14/h2-12H,13H2,1H3. The van der Waals surface area contributed by atoms with Gasteiger partial charge in [-0.3, -0.25) is 4.98 Å². The van der Waals surface area contributed by atoms with E-state index in [1.165, 1.54) is 6.26 Å². The van der Waals surface area contributed by atoms with Crippen molar-refractivity contribution < 1.29 is 13.2 Å². The van der Waals surface area contributed by atoms with Gasteiger partial charge in [-0.05, 0) is 48.6 Å². The Labute approximate surface area is 135 Å². The van der Waals surface area contributed by atoms with E-state index in [2.05, 4.69) is 9.88 Å². The van der Waals surface area contributed by atoms with Crippen molar-refractivity contribution in [3.63, 3.8) is 0 Å². The van der Waals surface area contributed by atoms with E-state index in [4.69, 9.17) is 4.74 Å². The van der Waals surface area contributed by atoms with Crippen LogP contribution >= 0.6 is 0 Å². The summed E-state index contributed by atoms with van der Waals surface area (Å²) in [7, 11) is -3.19. The fraction of sp³-hybridized carbons (Fsp3) is 0.118. The lowest BCUT2D eigenvalue weighted by atomic mass is 10.2. The van der Waals surface area contributed by atoms with Gasteiger partial charge in [-0.25, -0.2) is 8.42 Å². The number of rotatable bonds is 4. The molecule has 2 heterocycles. The number of pyridine rings is 1. The van der Waals surface area contributed by atoms with Crippen LogP contribution in [-0.4, -0.2) is 26.2 Å². The van der Waals surface area contributed by atoms with Gasteiger partial charge in [-0.2, -0.15) is 0 Å². The van der Waals surface area contributed by atoms with E-state index < -0.39 is 9.84 Å². The molecule has 0 fully saturated rings. The molecule has 118 valence electrons. The fourth-order valence-electron chi connectivity index (χ4n) is 2.17. The highest BCUT2D eigenvalue weighted by Gasteiger charge is 2.10. The molecule has 2 aromatic rings. The van der Waals surface area contributed by atoms with Gasteiger partial charge in [0.05, 0.1) is 4.90 Å². The third-order valence-corrected chi connectivity index (χ3v) is 4.52. The van der Waals surface area contributed by atoms with Crippen LogP contribution in [0.1, 0.15) is 0 Å². The van der Waals surface area contributed by atoms with Crippen LogP contribution in [0.25, 0.3) is 0 Å². The number of sulfone groups is 1. The molecule has 1 aliphatic heterocycles. The summed E-state index contributed by atoms with van der Waals surface area (Å²) in [6.45, 7) is 0.692. The van der Waals surface area contributed by atoms with E-state index in [9.17, 15) is 8.42 Å². The second-order valence-corrected chi connectivity index (χ2v) is 7.14. The molecule has 1 aromatic heterocycles. The van der Waals surface area contributed by atoms with Gasteiger partial charge in [-0.15, -0.1) is 0 Å². The van der Waals surface area contributed by atoms with Crippen molar-refractivity contribution in [2.24, 2.45) is 0 Å². The predicted octanol–water partition coefficient (Wildman–Crippen LogP) is 2.78. The molecule has 3 rings (SSSR count). The van der Waals surface area contributed by atoms with Gasteiger partial charge in [0, 0.05) is 37.1 Å². The van der Waals surface area contributed by atoms with Gasteiger partial charge < -0.3 is 9.64 Å². The highest BCUT2D eigenvalue weighted by atomic mass is 32.2. The zero-order valence-electron chi connectivity index (χ0n) is 12.6. The Morgan fingerprint density at radius 1 is 1.09 bits per heavy atom. The Kier molecular flexibility index (Phi) is 4.16. The summed E-state index contributed by atoms with van der Waals surface area (Å²) >= 11 is 0. The van der Waals surface area contributed by atoms with Gasteiger partial charge in [0.1, 0.15) is 11.5 Å². The number of aromatic nitrogens is 1. The lowest BCUT2D eigenvalue weighted by molar-refractivity contribution is 0.440. The molecule has 0 N–H and O–H groups in total. The molecule has 0 saturated heterocycles. The minimum Gasteiger partial charge on any atom is -0.458 e. The van der Waals surface area contributed by atoms with Gasteiger partial charge in [0.15, 0.2) is 9.84 Å². The second kappa shape index (κ2) is 6.26. The number of anilines is 1.